The predicted molar refractivity (Wildman–Crippen MR) is 98.3 cm³/mol. The number of rotatable bonds is 3. The first-order valence-corrected chi connectivity index (χ1v) is 8.72. The lowest BCUT2D eigenvalue weighted by Crippen LogP contribution is -2.42. The monoisotopic (exact) mass is 407 g/mol. The molecule has 2 aromatic rings. The zero-order chi connectivity index (χ0) is 16.4. The fraction of sp³-hybridized carbons (Fsp3) is 0.333. The lowest BCUT2D eigenvalue weighted by molar-refractivity contribution is -0.0229. The zero-order valence-electron chi connectivity index (χ0n) is 12.6. The second-order valence-electron chi connectivity index (χ2n) is 5.11. The van der Waals surface area contributed by atoms with E-state index in [2.05, 4.69) is 4.98 Å². The van der Waals surface area contributed by atoms with Gasteiger partial charge in [-0.15, -0.1) is 23.7 Å². The number of hydrogen-bond acceptors (Lipinski definition) is 5. The number of ether oxygens (including phenoxy) is 1. The molecule has 1 saturated heterocycles. The SMILES string of the molecule is Cl.NCc1nc(C(=O)N2CCOC(c3ccc(Cl)c(Cl)c3)C2)cs1. The number of carbonyl (C=O) groups is 1. The van der Waals surface area contributed by atoms with Gasteiger partial charge in [0.25, 0.3) is 5.91 Å². The van der Waals surface area contributed by atoms with Crippen LogP contribution in [0.4, 0.5) is 0 Å². The van der Waals surface area contributed by atoms with Gasteiger partial charge in [-0.2, -0.15) is 0 Å². The molecule has 130 valence electrons. The van der Waals surface area contributed by atoms with Crippen LogP contribution in [-0.2, 0) is 11.3 Å². The van der Waals surface area contributed by atoms with Gasteiger partial charge in [-0.25, -0.2) is 4.98 Å². The van der Waals surface area contributed by atoms with E-state index in [1.54, 1.807) is 22.4 Å². The number of nitrogens with two attached hydrogens (primary N) is 1. The van der Waals surface area contributed by atoms with Gasteiger partial charge in [-0.3, -0.25) is 4.79 Å². The number of nitrogens with zero attached hydrogens (tertiary/aromatic N) is 2. The number of aromatic nitrogens is 1. The van der Waals surface area contributed by atoms with E-state index in [1.807, 2.05) is 6.07 Å². The van der Waals surface area contributed by atoms with Crippen LogP contribution in [0.5, 0.6) is 0 Å². The molecule has 0 saturated carbocycles. The molecule has 0 radical (unpaired) electrons. The summed E-state index contributed by atoms with van der Waals surface area (Å²) < 4.78 is 5.77. The molecule has 2 heterocycles. The highest BCUT2D eigenvalue weighted by molar-refractivity contribution is 7.09. The average Bonchev–Trinajstić information content (AvgIpc) is 3.06. The Morgan fingerprint density at radius 2 is 2.21 bits per heavy atom. The summed E-state index contributed by atoms with van der Waals surface area (Å²) >= 11 is 13.4. The van der Waals surface area contributed by atoms with Crippen LogP contribution in [0.2, 0.25) is 10.0 Å². The minimum absolute atomic E-state index is 0. The summed E-state index contributed by atoms with van der Waals surface area (Å²) in [5.41, 5.74) is 6.88. The maximum atomic E-state index is 12.6. The van der Waals surface area contributed by atoms with Gasteiger partial charge in [0.05, 0.1) is 23.2 Å². The Balaban J connectivity index is 0.00000208. The Hall–Kier alpha value is -0.890. The molecule has 5 nitrogen and oxygen atoms in total. The van der Waals surface area contributed by atoms with Crippen molar-refractivity contribution in [3.8, 4) is 0 Å². The molecule has 0 aliphatic carbocycles. The van der Waals surface area contributed by atoms with Gasteiger partial charge in [0, 0.05) is 18.5 Å². The molecular formula is C15H16Cl3N3O2S. The van der Waals surface area contributed by atoms with E-state index < -0.39 is 0 Å². The molecule has 1 atom stereocenters. The molecule has 2 N–H and O–H groups in total. The normalized spacial score (nSPS) is 17.5. The quantitative estimate of drug-likeness (QED) is 0.843. The van der Waals surface area contributed by atoms with Crippen molar-refractivity contribution in [1.29, 1.82) is 0 Å². The van der Waals surface area contributed by atoms with Gasteiger partial charge < -0.3 is 15.4 Å². The van der Waals surface area contributed by atoms with Gasteiger partial charge in [0.2, 0.25) is 0 Å². The van der Waals surface area contributed by atoms with Crippen molar-refractivity contribution in [2.75, 3.05) is 19.7 Å². The van der Waals surface area contributed by atoms with E-state index in [4.69, 9.17) is 33.7 Å². The first kappa shape index (κ1) is 19.4. The number of amides is 1. The molecule has 1 aromatic carbocycles. The van der Waals surface area contributed by atoms with E-state index in [-0.39, 0.29) is 24.4 Å². The van der Waals surface area contributed by atoms with E-state index in [0.29, 0.717) is 42.0 Å². The summed E-state index contributed by atoms with van der Waals surface area (Å²) in [5, 5.41) is 3.47. The number of morpholine rings is 1. The molecule has 24 heavy (non-hydrogen) atoms. The van der Waals surface area contributed by atoms with Crippen LogP contribution in [0.15, 0.2) is 23.6 Å². The molecule has 0 spiro atoms. The van der Waals surface area contributed by atoms with Crippen molar-refractivity contribution in [1.82, 2.24) is 9.88 Å². The van der Waals surface area contributed by atoms with Crippen molar-refractivity contribution >= 4 is 52.9 Å². The topological polar surface area (TPSA) is 68.5 Å². The molecule has 1 amide bonds. The van der Waals surface area contributed by atoms with Gasteiger partial charge in [0.15, 0.2) is 0 Å². The molecule has 1 aromatic heterocycles. The van der Waals surface area contributed by atoms with Gasteiger partial charge >= 0.3 is 0 Å². The van der Waals surface area contributed by atoms with Crippen LogP contribution in [0, 0.1) is 0 Å². The number of thiazole rings is 1. The molecule has 9 heteroatoms. The summed E-state index contributed by atoms with van der Waals surface area (Å²) in [5.74, 6) is -0.102. The third-order valence-corrected chi connectivity index (χ3v) is 5.22. The van der Waals surface area contributed by atoms with Crippen molar-refractivity contribution in [3.05, 3.63) is 49.9 Å². The smallest absolute Gasteiger partial charge is 0.273 e. The standard InChI is InChI=1S/C15H15Cl2N3O2S.ClH/c16-10-2-1-9(5-11(10)17)13-7-20(3-4-22-13)15(21)12-8-23-14(6-18)19-12;/h1-2,5,8,13H,3-4,6-7,18H2;1H. The van der Waals surface area contributed by atoms with E-state index in [9.17, 15) is 4.79 Å². The minimum Gasteiger partial charge on any atom is -0.370 e. The van der Waals surface area contributed by atoms with Crippen LogP contribution in [-0.4, -0.2) is 35.5 Å². The Labute approximate surface area is 160 Å². The van der Waals surface area contributed by atoms with Gasteiger partial charge in [0.1, 0.15) is 16.8 Å². The fourth-order valence-electron chi connectivity index (χ4n) is 2.41. The number of benzene rings is 1. The van der Waals surface area contributed by atoms with Crippen LogP contribution in [0.3, 0.4) is 0 Å². The van der Waals surface area contributed by atoms with Gasteiger partial charge in [-0.1, -0.05) is 29.3 Å². The van der Waals surface area contributed by atoms with Crippen LogP contribution in [0.25, 0.3) is 0 Å². The van der Waals surface area contributed by atoms with Crippen LogP contribution < -0.4 is 5.73 Å². The number of halogens is 3. The highest BCUT2D eigenvalue weighted by Crippen LogP contribution is 2.29. The summed E-state index contributed by atoms with van der Waals surface area (Å²) in [6, 6.07) is 5.37. The predicted octanol–water partition coefficient (Wildman–Crippen LogP) is 3.54. The van der Waals surface area contributed by atoms with E-state index in [1.165, 1.54) is 11.3 Å². The molecule has 3 rings (SSSR count). The first-order chi connectivity index (χ1) is 11.1. The summed E-state index contributed by atoms with van der Waals surface area (Å²) in [6.07, 6.45) is -0.227. The van der Waals surface area contributed by atoms with Crippen molar-refractivity contribution < 1.29 is 9.53 Å². The zero-order valence-corrected chi connectivity index (χ0v) is 15.7. The molecular weight excluding hydrogens is 393 g/mol. The van der Waals surface area contributed by atoms with Crippen LogP contribution >= 0.6 is 46.9 Å². The van der Waals surface area contributed by atoms with Crippen molar-refractivity contribution in [2.45, 2.75) is 12.6 Å². The number of hydrogen-bond donors (Lipinski definition) is 1. The third-order valence-electron chi connectivity index (χ3n) is 3.61. The highest BCUT2D eigenvalue weighted by atomic mass is 35.5. The van der Waals surface area contributed by atoms with Crippen molar-refractivity contribution in [3.63, 3.8) is 0 Å². The highest BCUT2D eigenvalue weighted by Gasteiger charge is 2.27. The average molecular weight is 409 g/mol. The Kier molecular flexibility index (Phi) is 6.86. The van der Waals surface area contributed by atoms with Gasteiger partial charge in [-0.05, 0) is 17.7 Å². The fourth-order valence-corrected chi connectivity index (χ4v) is 3.37. The largest absolute Gasteiger partial charge is 0.370 e. The molecule has 1 aliphatic rings. The molecule has 1 aliphatic heterocycles. The molecule has 1 unspecified atom stereocenters. The second-order valence-corrected chi connectivity index (χ2v) is 6.87. The summed E-state index contributed by atoms with van der Waals surface area (Å²) in [6.45, 7) is 1.79. The molecule has 0 bridgehead atoms. The number of carbonyl (C=O) groups excluding carboxylic acids is 1. The lowest BCUT2D eigenvalue weighted by atomic mass is 10.1. The maximum absolute atomic E-state index is 12.6. The lowest BCUT2D eigenvalue weighted by Gasteiger charge is -2.33. The van der Waals surface area contributed by atoms with Crippen molar-refractivity contribution in [2.24, 2.45) is 5.73 Å². The Morgan fingerprint density at radius 1 is 1.42 bits per heavy atom. The Bertz CT molecular complexity index is 726. The second kappa shape index (κ2) is 8.47. The first-order valence-electron chi connectivity index (χ1n) is 7.09. The maximum Gasteiger partial charge on any atom is 0.273 e. The summed E-state index contributed by atoms with van der Waals surface area (Å²) in [7, 11) is 0. The van der Waals surface area contributed by atoms with Crippen LogP contribution in [0.1, 0.15) is 27.2 Å². The van der Waals surface area contributed by atoms with E-state index >= 15 is 0 Å². The van der Waals surface area contributed by atoms with E-state index in [0.717, 1.165) is 10.6 Å². The Morgan fingerprint density at radius 3 is 2.88 bits per heavy atom. The summed E-state index contributed by atoms with van der Waals surface area (Å²) in [4.78, 5) is 18.5. The molecule has 1 fully saturated rings. The third kappa shape index (κ3) is 4.20. The minimum atomic E-state index is -0.227.